The van der Waals surface area contributed by atoms with Crippen molar-refractivity contribution in [3.63, 3.8) is 0 Å². The monoisotopic (exact) mass is 379 g/mol. The first kappa shape index (κ1) is 27.3. The summed E-state index contributed by atoms with van der Waals surface area (Å²) in [5, 5.41) is 6.00. The Morgan fingerprint density at radius 2 is 1.74 bits per heavy atom. The Morgan fingerprint density at radius 3 is 2.26 bits per heavy atom. The molecule has 0 aliphatic heterocycles. The highest BCUT2D eigenvalue weighted by atomic mass is 16.1. The zero-order valence-corrected chi connectivity index (χ0v) is 17.8. The Morgan fingerprint density at radius 1 is 1.07 bits per heavy atom. The molecule has 1 unspecified atom stereocenters. The third-order valence-corrected chi connectivity index (χ3v) is 3.79. The summed E-state index contributed by atoms with van der Waals surface area (Å²) in [6.07, 6.45) is 7.92. The second-order valence-corrected chi connectivity index (χ2v) is 6.14. The maximum absolute atomic E-state index is 11.5. The molecule has 1 atom stereocenters. The Hall–Kier alpha value is -1.88. The van der Waals surface area contributed by atoms with Crippen LogP contribution in [0.3, 0.4) is 0 Å². The quantitative estimate of drug-likeness (QED) is 0.368. The first-order valence-electron chi connectivity index (χ1n) is 10.3. The zero-order valence-electron chi connectivity index (χ0n) is 17.8. The van der Waals surface area contributed by atoms with Gasteiger partial charge in [-0.15, -0.1) is 0 Å². The molecule has 0 fully saturated rings. The van der Waals surface area contributed by atoms with E-state index in [4.69, 9.17) is 5.73 Å². The van der Waals surface area contributed by atoms with E-state index in [9.17, 15) is 9.59 Å². The lowest BCUT2D eigenvalue weighted by molar-refractivity contribution is -0.122. The Bertz CT molecular complexity index is 438. The van der Waals surface area contributed by atoms with Gasteiger partial charge in [0.05, 0.1) is 0 Å². The summed E-state index contributed by atoms with van der Waals surface area (Å²) in [5.74, 6) is 0.0993. The van der Waals surface area contributed by atoms with E-state index < -0.39 is 0 Å². The number of rotatable bonds is 12. The van der Waals surface area contributed by atoms with Gasteiger partial charge in [-0.25, -0.2) is 0 Å². The van der Waals surface area contributed by atoms with Gasteiger partial charge in [0, 0.05) is 31.6 Å². The van der Waals surface area contributed by atoms with Gasteiger partial charge >= 0.3 is 0 Å². The van der Waals surface area contributed by atoms with Crippen LogP contribution < -0.4 is 16.4 Å². The SMILES string of the molecule is CC.CC(CCCCCN)NC(=O)CCCCC=O.CNc1ccccc1. The summed E-state index contributed by atoms with van der Waals surface area (Å²) >= 11 is 0. The number of amides is 1. The first-order valence-corrected chi connectivity index (χ1v) is 10.3. The van der Waals surface area contributed by atoms with Crippen molar-refractivity contribution < 1.29 is 9.59 Å². The van der Waals surface area contributed by atoms with E-state index in [1.165, 1.54) is 0 Å². The van der Waals surface area contributed by atoms with Crippen molar-refractivity contribution in [1.82, 2.24) is 5.32 Å². The van der Waals surface area contributed by atoms with Gasteiger partial charge in [0.15, 0.2) is 0 Å². The van der Waals surface area contributed by atoms with E-state index in [1.807, 2.05) is 58.2 Å². The molecule has 5 heteroatoms. The molecule has 1 aromatic carbocycles. The normalized spacial score (nSPS) is 10.4. The smallest absolute Gasteiger partial charge is 0.220 e. The van der Waals surface area contributed by atoms with Gasteiger partial charge in [-0.05, 0) is 51.3 Å². The Kier molecular flexibility index (Phi) is 22.4. The average molecular weight is 380 g/mol. The molecule has 4 N–H and O–H groups in total. The van der Waals surface area contributed by atoms with Gasteiger partial charge in [0.2, 0.25) is 5.91 Å². The van der Waals surface area contributed by atoms with Crippen LogP contribution in [0.15, 0.2) is 30.3 Å². The van der Waals surface area contributed by atoms with E-state index in [-0.39, 0.29) is 11.9 Å². The van der Waals surface area contributed by atoms with Crippen molar-refractivity contribution in [3.8, 4) is 0 Å². The number of carbonyl (C=O) groups is 2. The van der Waals surface area contributed by atoms with Crippen LogP contribution in [-0.2, 0) is 9.59 Å². The van der Waals surface area contributed by atoms with Gasteiger partial charge < -0.3 is 21.2 Å². The molecule has 1 aromatic rings. The lowest BCUT2D eigenvalue weighted by Gasteiger charge is -2.13. The molecule has 0 saturated carbocycles. The second kappa shape index (κ2) is 22.2. The van der Waals surface area contributed by atoms with Crippen LogP contribution in [0.4, 0.5) is 5.69 Å². The van der Waals surface area contributed by atoms with Crippen LogP contribution in [0.2, 0.25) is 0 Å². The van der Waals surface area contributed by atoms with E-state index in [2.05, 4.69) is 10.6 Å². The number of hydrogen-bond acceptors (Lipinski definition) is 4. The molecule has 156 valence electrons. The van der Waals surface area contributed by atoms with Gasteiger partial charge in [-0.3, -0.25) is 4.79 Å². The molecule has 0 aromatic heterocycles. The number of benzene rings is 1. The number of para-hydroxylation sites is 1. The molecule has 0 bridgehead atoms. The largest absolute Gasteiger partial charge is 0.388 e. The molecular formula is C22H41N3O2. The van der Waals surface area contributed by atoms with Crippen LogP contribution >= 0.6 is 0 Å². The van der Waals surface area contributed by atoms with Crippen molar-refractivity contribution in [2.24, 2.45) is 5.73 Å². The van der Waals surface area contributed by atoms with E-state index in [0.29, 0.717) is 12.8 Å². The number of anilines is 1. The van der Waals surface area contributed by atoms with Gasteiger partial charge in [0.25, 0.3) is 0 Å². The highest BCUT2D eigenvalue weighted by Crippen LogP contribution is 2.04. The summed E-state index contributed by atoms with van der Waals surface area (Å²) in [6, 6.07) is 10.3. The second-order valence-electron chi connectivity index (χ2n) is 6.14. The lowest BCUT2D eigenvalue weighted by Crippen LogP contribution is -2.32. The number of carbonyl (C=O) groups excluding carboxylic acids is 2. The number of hydrogen-bond donors (Lipinski definition) is 3. The molecule has 1 amide bonds. The molecular weight excluding hydrogens is 338 g/mol. The van der Waals surface area contributed by atoms with Crippen LogP contribution in [0, 0.1) is 0 Å². The van der Waals surface area contributed by atoms with E-state index in [0.717, 1.165) is 57.0 Å². The lowest BCUT2D eigenvalue weighted by atomic mass is 10.1. The van der Waals surface area contributed by atoms with Crippen LogP contribution in [0.5, 0.6) is 0 Å². The molecule has 27 heavy (non-hydrogen) atoms. The average Bonchev–Trinajstić information content (AvgIpc) is 2.71. The van der Waals surface area contributed by atoms with Crippen molar-refractivity contribution >= 4 is 17.9 Å². The molecule has 5 nitrogen and oxygen atoms in total. The van der Waals surface area contributed by atoms with Gasteiger partial charge in [-0.1, -0.05) is 44.9 Å². The Labute approximate surface area is 166 Å². The van der Waals surface area contributed by atoms with Gasteiger partial charge in [-0.2, -0.15) is 0 Å². The third-order valence-electron chi connectivity index (χ3n) is 3.79. The molecule has 1 rings (SSSR count). The highest BCUT2D eigenvalue weighted by Gasteiger charge is 2.06. The number of nitrogens with two attached hydrogens (primary N) is 1. The maximum atomic E-state index is 11.5. The van der Waals surface area contributed by atoms with E-state index >= 15 is 0 Å². The van der Waals surface area contributed by atoms with E-state index in [1.54, 1.807) is 0 Å². The fraction of sp³-hybridized carbons (Fsp3) is 0.636. The summed E-state index contributed by atoms with van der Waals surface area (Å²) in [7, 11) is 1.91. The van der Waals surface area contributed by atoms with Crippen LogP contribution in [-0.4, -0.2) is 31.8 Å². The number of nitrogens with one attached hydrogen (secondary N) is 2. The number of unbranched alkanes of at least 4 members (excludes halogenated alkanes) is 4. The summed E-state index contributed by atoms with van der Waals surface area (Å²) in [5.41, 5.74) is 6.57. The zero-order chi connectivity index (χ0) is 20.8. The minimum Gasteiger partial charge on any atom is -0.388 e. The minimum absolute atomic E-state index is 0.0993. The third kappa shape index (κ3) is 20.3. The van der Waals surface area contributed by atoms with Crippen LogP contribution in [0.25, 0.3) is 0 Å². The predicted molar refractivity (Wildman–Crippen MR) is 117 cm³/mol. The summed E-state index contributed by atoms with van der Waals surface area (Å²) in [4.78, 5) is 21.6. The molecule has 0 aliphatic rings. The highest BCUT2D eigenvalue weighted by molar-refractivity contribution is 5.76. The molecule has 0 saturated heterocycles. The fourth-order valence-corrected chi connectivity index (χ4v) is 2.31. The fourth-order valence-electron chi connectivity index (χ4n) is 2.31. The molecule has 0 heterocycles. The summed E-state index contributed by atoms with van der Waals surface area (Å²) in [6.45, 7) is 6.78. The first-order chi connectivity index (χ1) is 13.1. The summed E-state index contributed by atoms with van der Waals surface area (Å²) < 4.78 is 0. The van der Waals surface area contributed by atoms with Gasteiger partial charge in [0.1, 0.15) is 6.29 Å². The maximum Gasteiger partial charge on any atom is 0.220 e. The predicted octanol–water partition coefficient (Wildman–Crippen LogP) is 4.52. The van der Waals surface area contributed by atoms with Crippen molar-refractivity contribution in [2.45, 2.75) is 78.2 Å². The van der Waals surface area contributed by atoms with Crippen molar-refractivity contribution in [3.05, 3.63) is 30.3 Å². The Balaban J connectivity index is 0. The van der Waals surface area contributed by atoms with Crippen molar-refractivity contribution in [1.29, 1.82) is 0 Å². The molecule has 0 aliphatic carbocycles. The molecule has 0 radical (unpaired) electrons. The van der Waals surface area contributed by atoms with Crippen LogP contribution in [0.1, 0.15) is 72.1 Å². The standard InChI is InChI=1S/C13H26N2O2.C7H9N.C2H6/c1-12(8-4-2-6-10-14)15-13(17)9-5-3-7-11-16;1-8-7-5-3-2-4-6-7;1-2/h11-12H,2-10,14H2,1H3,(H,15,17);2-6,8H,1H3;1-2H3. The number of aldehydes is 1. The minimum atomic E-state index is 0.0993. The van der Waals surface area contributed by atoms with Crippen molar-refractivity contribution in [2.75, 3.05) is 18.9 Å². The molecule has 0 spiro atoms. The topological polar surface area (TPSA) is 84.2 Å².